The number of hydrogen-bond acceptors (Lipinski definition) is 5. The third kappa shape index (κ3) is 7.62. The number of carbonyl (C=O) groups is 2. The summed E-state index contributed by atoms with van der Waals surface area (Å²) in [6.07, 6.45) is -3.11. The predicted molar refractivity (Wildman–Crippen MR) is 144 cm³/mol. The molecule has 202 valence electrons. The molecule has 0 bridgehead atoms. The molecule has 0 unspecified atom stereocenters. The van der Waals surface area contributed by atoms with Gasteiger partial charge in [0.15, 0.2) is 0 Å². The highest BCUT2D eigenvalue weighted by Gasteiger charge is 2.30. The average Bonchev–Trinajstić information content (AvgIpc) is 2.89. The predicted octanol–water partition coefficient (Wildman–Crippen LogP) is 8.29. The van der Waals surface area contributed by atoms with Crippen molar-refractivity contribution in [3.05, 3.63) is 111 Å². The van der Waals surface area contributed by atoms with E-state index in [9.17, 15) is 22.8 Å². The Bertz CT molecular complexity index is 1510. The first-order valence-electron chi connectivity index (χ1n) is 11.0. The number of nitrogens with one attached hydrogen (secondary N) is 2. The Balaban J connectivity index is 0.000000216. The third-order valence-electron chi connectivity index (χ3n) is 5.19. The molecule has 0 atom stereocenters. The van der Waals surface area contributed by atoms with Gasteiger partial charge in [-0.25, -0.2) is 14.6 Å². The summed E-state index contributed by atoms with van der Waals surface area (Å²) in [6.45, 7) is 1.85. The molecule has 1 aromatic heterocycles. The molecule has 4 aromatic rings. The van der Waals surface area contributed by atoms with Gasteiger partial charge in [0.2, 0.25) is 0 Å². The van der Waals surface area contributed by atoms with Gasteiger partial charge in [-0.3, -0.25) is 0 Å². The van der Waals surface area contributed by atoms with Gasteiger partial charge in [0.25, 0.3) is 0 Å². The first-order chi connectivity index (χ1) is 18.4. The van der Waals surface area contributed by atoms with E-state index < -0.39 is 23.7 Å². The molecule has 0 aliphatic rings. The summed E-state index contributed by atoms with van der Waals surface area (Å²) in [5.41, 5.74) is 1.15. The van der Waals surface area contributed by atoms with Gasteiger partial charge in [-0.1, -0.05) is 47.5 Å². The number of halogens is 5. The Kier molecular flexibility index (Phi) is 9.39. The Hall–Kier alpha value is -4.28. The summed E-state index contributed by atoms with van der Waals surface area (Å²) >= 11 is 12.3. The van der Waals surface area contributed by atoms with Crippen molar-refractivity contribution in [3.8, 4) is 0 Å². The Labute approximate surface area is 230 Å². The highest BCUT2D eigenvalue weighted by molar-refractivity contribution is 6.39. The molecule has 0 fully saturated rings. The molecule has 3 aromatic carbocycles. The number of para-hydroxylation sites is 1. The molecule has 0 saturated carbocycles. The summed E-state index contributed by atoms with van der Waals surface area (Å²) in [6, 6.07) is 17.3. The van der Waals surface area contributed by atoms with Gasteiger partial charge in [0, 0.05) is 11.9 Å². The van der Waals surface area contributed by atoms with Crippen LogP contribution in [-0.4, -0.2) is 27.1 Å². The van der Waals surface area contributed by atoms with E-state index in [-0.39, 0.29) is 22.6 Å². The quantitative estimate of drug-likeness (QED) is 0.182. The summed E-state index contributed by atoms with van der Waals surface area (Å²) in [5, 5.41) is 24.6. The van der Waals surface area contributed by atoms with Crippen LogP contribution in [0, 0.1) is 6.92 Å². The third-order valence-corrected chi connectivity index (χ3v) is 5.99. The Morgan fingerprint density at radius 2 is 1.51 bits per heavy atom. The van der Waals surface area contributed by atoms with Crippen LogP contribution in [0.15, 0.2) is 79.0 Å². The fourth-order valence-electron chi connectivity index (χ4n) is 3.27. The van der Waals surface area contributed by atoms with Crippen molar-refractivity contribution in [3.63, 3.8) is 0 Å². The number of rotatable bonds is 6. The molecule has 0 spiro atoms. The molecule has 12 heteroatoms. The van der Waals surface area contributed by atoms with Crippen LogP contribution in [0.25, 0.3) is 0 Å². The van der Waals surface area contributed by atoms with E-state index in [1.807, 2.05) is 6.92 Å². The number of nitrogens with zero attached hydrogens (tertiary/aromatic N) is 1. The van der Waals surface area contributed by atoms with Crippen LogP contribution in [0.5, 0.6) is 0 Å². The number of aromatic carboxylic acids is 2. The number of carboxylic acids is 2. The fraction of sp³-hybridized carbons (Fsp3) is 0.0741. The van der Waals surface area contributed by atoms with Crippen LogP contribution in [0.3, 0.4) is 0 Å². The van der Waals surface area contributed by atoms with E-state index in [0.29, 0.717) is 21.4 Å². The zero-order valence-electron chi connectivity index (χ0n) is 20.1. The van der Waals surface area contributed by atoms with E-state index in [2.05, 4.69) is 15.6 Å². The van der Waals surface area contributed by atoms with Gasteiger partial charge in [-0.05, 0) is 61.0 Å². The second-order valence-electron chi connectivity index (χ2n) is 7.94. The molecular weight excluding hydrogens is 558 g/mol. The van der Waals surface area contributed by atoms with Gasteiger partial charge in [-0.15, -0.1) is 0 Å². The highest BCUT2D eigenvalue weighted by Crippen LogP contribution is 2.36. The Morgan fingerprint density at radius 1 is 0.846 bits per heavy atom. The normalized spacial score (nSPS) is 10.7. The maximum absolute atomic E-state index is 12.6. The molecule has 0 aliphatic heterocycles. The molecule has 39 heavy (non-hydrogen) atoms. The van der Waals surface area contributed by atoms with Crippen LogP contribution >= 0.6 is 23.2 Å². The van der Waals surface area contributed by atoms with Gasteiger partial charge in [0.1, 0.15) is 11.4 Å². The molecule has 4 N–H and O–H groups in total. The minimum absolute atomic E-state index is 0.0145. The molecular formula is C27H20Cl2F3N3O4. The van der Waals surface area contributed by atoms with Crippen molar-refractivity contribution in [1.29, 1.82) is 0 Å². The topological polar surface area (TPSA) is 112 Å². The van der Waals surface area contributed by atoms with Crippen molar-refractivity contribution in [2.24, 2.45) is 0 Å². The number of aryl methyl sites for hydroxylation is 1. The lowest BCUT2D eigenvalue weighted by atomic mass is 10.1. The van der Waals surface area contributed by atoms with Crippen molar-refractivity contribution in [1.82, 2.24) is 4.98 Å². The van der Waals surface area contributed by atoms with E-state index in [1.54, 1.807) is 30.3 Å². The van der Waals surface area contributed by atoms with Gasteiger partial charge < -0.3 is 20.8 Å². The molecule has 7 nitrogen and oxygen atoms in total. The van der Waals surface area contributed by atoms with E-state index in [4.69, 9.17) is 33.4 Å². The summed E-state index contributed by atoms with van der Waals surface area (Å²) in [5.74, 6) is -2.24. The first-order valence-corrected chi connectivity index (χ1v) is 11.8. The summed E-state index contributed by atoms with van der Waals surface area (Å²) < 4.78 is 37.7. The maximum atomic E-state index is 12.6. The van der Waals surface area contributed by atoms with Gasteiger partial charge >= 0.3 is 18.1 Å². The molecule has 0 saturated heterocycles. The van der Waals surface area contributed by atoms with Crippen molar-refractivity contribution in [2.75, 3.05) is 10.6 Å². The van der Waals surface area contributed by atoms with Crippen LogP contribution in [0.2, 0.25) is 10.0 Å². The van der Waals surface area contributed by atoms with Crippen molar-refractivity contribution >= 4 is 58.0 Å². The lowest BCUT2D eigenvalue weighted by molar-refractivity contribution is -0.137. The second kappa shape index (κ2) is 12.5. The molecule has 4 rings (SSSR count). The SMILES string of the molecule is Cc1ccc(Cl)c(Nc2ccccc2C(=O)O)c1Cl.O=C(O)c1cccnc1Nc1cccc(C(F)(F)F)c1. The number of pyridine rings is 1. The maximum Gasteiger partial charge on any atom is 0.416 e. The number of alkyl halides is 3. The van der Waals surface area contributed by atoms with Crippen LogP contribution in [-0.2, 0) is 6.18 Å². The van der Waals surface area contributed by atoms with E-state index in [1.165, 1.54) is 36.5 Å². The highest BCUT2D eigenvalue weighted by atomic mass is 35.5. The number of aromatic nitrogens is 1. The minimum Gasteiger partial charge on any atom is -0.478 e. The monoisotopic (exact) mass is 577 g/mol. The Morgan fingerprint density at radius 3 is 2.18 bits per heavy atom. The molecule has 0 aliphatic carbocycles. The molecule has 0 radical (unpaired) electrons. The second-order valence-corrected chi connectivity index (χ2v) is 8.72. The van der Waals surface area contributed by atoms with E-state index in [0.717, 1.165) is 17.7 Å². The van der Waals surface area contributed by atoms with E-state index >= 15 is 0 Å². The zero-order chi connectivity index (χ0) is 28.7. The number of anilines is 4. The smallest absolute Gasteiger partial charge is 0.416 e. The minimum atomic E-state index is -4.46. The standard InChI is InChI=1S/C14H11Cl2NO2.C13H9F3N2O2/c1-8-6-7-10(15)13(12(8)16)17-11-5-3-2-4-9(11)14(18)19;14-13(15,16)8-3-1-4-9(7-8)18-11-10(12(19)20)5-2-6-17-11/h2-7,17H,1H3,(H,18,19);1-7H,(H,17,18)(H,19,20). The van der Waals surface area contributed by atoms with Crippen molar-refractivity contribution < 1.29 is 33.0 Å². The molecule has 0 amide bonds. The largest absolute Gasteiger partial charge is 0.478 e. The van der Waals surface area contributed by atoms with Crippen molar-refractivity contribution in [2.45, 2.75) is 13.1 Å². The lowest BCUT2D eigenvalue weighted by Gasteiger charge is -2.13. The first kappa shape index (κ1) is 29.3. The lowest BCUT2D eigenvalue weighted by Crippen LogP contribution is -2.07. The number of carboxylic acid groups (broad SMARTS) is 2. The molecule has 1 heterocycles. The van der Waals surface area contributed by atoms with Crippen LogP contribution in [0.4, 0.5) is 36.1 Å². The summed E-state index contributed by atoms with van der Waals surface area (Å²) in [4.78, 5) is 25.9. The fourth-order valence-corrected chi connectivity index (χ4v) is 3.74. The van der Waals surface area contributed by atoms with Gasteiger partial charge in [0.05, 0.1) is 32.5 Å². The van der Waals surface area contributed by atoms with Crippen LogP contribution in [0.1, 0.15) is 31.8 Å². The summed E-state index contributed by atoms with van der Waals surface area (Å²) in [7, 11) is 0. The number of hydrogen-bond donors (Lipinski definition) is 4. The van der Waals surface area contributed by atoms with Gasteiger partial charge in [-0.2, -0.15) is 13.2 Å². The number of benzene rings is 3. The van der Waals surface area contributed by atoms with Crippen LogP contribution < -0.4 is 10.6 Å². The zero-order valence-corrected chi connectivity index (χ0v) is 21.6. The average molecular weight is 578 g/mol.